The minimum absolute atomic E-state index is 0.114. The van der Waals surface area contributed by atoms with Crippen LogP contribution in [0.4, 0.5) is 5.69 Å². The van der Waals surface area contributed by atoms with Gasteiger partial charge in [-0.05, 0) is 60.0 Å². The highest BCUT2D eigenvalue weighted by Crippen LogP contribution is 2.36. The lowest BCUT2D eigenvalue weighted by Crippen LogP contribution is -2.36. The van der Waals surface area contributed by atoms with Gasteiger partial charge in [-0.3, -0.25) is 0 Å². The van der Waals surface area contributed by atoms with Gasteiger partial charge < -0.3 is 9.47 Å². The van der Waals surface area contributed by atoms with Crippen molar-refractivity contribution in [2.24, 2.45) is 0 Å². The summed E-state index contributed by atoms with van der Waals surface area (Å²) in [4.78, 5) is 9.62. The number of aromatic nitrogens is 1. The van der Waals surface area contributed by atoms with Gasteiger partial charge in [0.25, 0.3) is 10.0 Å². The Balaban J connectivity index is 1.57. The van der Waals surface area contributed by atoms with E-state index in [9.17, 15) is 8.42 Å². The molecule has 0 N–H and O–H groups in total. The lowest BCUT2D eigenvalue weighted by atomic mass is 10.0. The average molecular weight is 461 g/mol. The van der Waals surface area contributed by atoms with Crippen LogP contribution in [-0.4, -0.2) is 20.2 Å². The van der Waals surface area contributed by atoms with E-state index in [0.717, 1.165) is 10.0 Å². The average Bonchev–Trinajstić information content (AvgIpc) is 2.85. The molecule has 0 bridgehead atoms. The number of hydrogen-bond acceptors (Lipinski definition) is 6. The van der Waals surface area contributed by atoms with Crippen molar-refractivity contribution < 1.29 is 22.7 Å². The summed E-state index contributed by atoms with van der Waals surface area (Å²) in [5, 5.41) is 0. The Labute approximate surface area is 191 Å². The van der Waals surface area contributed by atoms with Crippen molar-refractivity contribution in [3.05, 3.63) is 108 Å². The summed E-state index contributed by atoms with van der Waals surface area (Å²) in [6, 6.07) is 27.1. The number of benzene rings is 3. The molecule has 0 radical (unpaired) electrons. The zero-order valence-electron chi connectivity index (χ0n) is 17.5. The molecule has 0 unspecified atom stereocenters. The Morgan fingerprint density at radius 3 is 2.42 bits per heavy atom. The number of rotatable bonds is 6. The number of anilines is 1. The first kappa shape index (κ1) is 21.0. The smallest absolute Gasteiger partial charge is 0.287 e. The number of fused-ring (bicyclic) bond motifs is 1. The van der Waals surface area contributed by atoms with E-state index in [4.69, 9.17) is 14.3 Å². The molecule has 5 rings (SSSR count). The van der Waals surface area contributed by atoms with Crippen LogP contribution < -0.4 is 13.9 Å². The summed E-state index contributed by atoms with van der Waals surface area (Å²) in [6.07, 6.45) is 1.93. The standard InChI is InChI=1S/C25H20N2O5S/c28-33(29,27-23-12-7-15-26-25(23)30-18-31-27)24-14-13-22(32-21-10-5-2-6-11-21)17-20(24)16-19-8-3-1-4-9-19/h1-15,17H,16,18H2. The number of pyridine rings is 1. The van der Waals surface area contributed by atoms with Gasteiger partial charge in [0.05, 0.1) is 4.90 Å². The molecular formula is C25H20N2O5S. The predicted octanol–water partition coefficient (Wildman–Crippen LogP) is 4.94. The first-order valence-electron chi connectivity index (χ1n) is 10.3. The summed E-state index contributed by atoms with van der Waals surface area (Å²) < 4.78 is 39.6. The maximum atomic E-state index is 13.7. The maximum Gasteiger partial charge on any atom is 0.287 e. The molecule has 166 valence electrons. The molecule has 4 aromatic rings. The van der Waals surface area contributed by atoms with Crippen LogP contribution in [0.2, 0.25) is 0 Å². The fourth-order valence-corrected chi connectivity index (χ4v) is 5.03. The third kappa shape index (κ3) is 4.39. The molecular weight excluding hydrogens is 440 g/mol. The van der Waals surface area contributed by atoms with Gasteiger partial charge in [0, 0.05) is 6.20 Å². The van der Waals surface area contributed by atoms with Gasteiger partial charge in [0.15, 0.2) is 0 Å². The van der Waals surface area contributed by atoms with Crippen molar-refractivity contribution in [1.82, 2.24) is 4.98 Å². The molecule has 8 heteroatoms. The molecule has 1 aromatic heterocycles. The second-order valence-electron chi connectivity index (χ2n) is 7.30. The highest BCUT2D eigenvalue weighted by molar-refractivity contribution is 7.92. The topological polar surface area (TPSA) is 78.0 Å². The molecule has 3 aromatic carbocycles. The minimum atomic E-state index is -4.08. The second-order valence-corrected chi connectivity index (χ2v) is 9.02. The number of sulfonamides is 1. The molecule has 0 spiro atoms. The van der Waals surface area contributed by atoms with Gasteiger partial charge in [0.2, 0.25) is 12.7 Å². The van der Waals surface area contributed by atoms with E-state index in [1.54, 1.807) is 30.3 Å². The van der Waals surface area contributed by atoms with E-state index in [1.807, 2.05) is 60.7 Å². The summed E-state index contributed by atoms with van der Waals surface area (Å²) in [6.45, 7) is -0.257. The fourth-order valence-electron chi connectivity index (χ4n) is 3.57. The molecule has 0 fully saturated rings. The van der Waals surface area contributed by atoms with E-state index < -0.39 is 10.0 Å². The van der Waals surface area contributed by atoms with Gasteiger partial charge in [-0.2, -0.15) is 8.42 Å². The van der Waals surface area contributed by atoms with Gasteiger partial charge in [-0.1, -0.05) is 48.5 Å². The van der Waals surface area contributed by atoms with Crippen LogP contribution in [0.15, 0.2) is 102 Å². The summed E-state index contributed by atoms with van der Waals surface area (Å²) >= 11 is 0. The number of para-hydroxylation sites is 1. The number of ether oxygens (including phenoxy) is 2. The Morgan fingerprint density at radius 2 is 1.64 bits per heavy atom. The van der Waals surface area contributed by atoms with Crippen LogP contribution in [0.3, 0.4) is 0 Å². The first-order chi connectivity index (χ1) is 16.1. The molecule has 0 aliphatic carbocycles. The molecule has 1 aliphatic rings. The fraction of sp³-hybridized carbons (Fsp3) is 0.0800. The molecule has 2 heterocycles. The van der Waals surface area contributed by atoms with Gasteiger partial charge in [-0.25, -0.2) is 9.82 Å². The number of hydrogen-bond donors (Lipinski definition) is 0. The Kier molecular flexibility index (Phi) is 5.68. The lowest BCUT2D eigenvalue weighted by molar-refractivity contribution is 0.00325. The first-order valence-corrected chi connectivity index (χ1v) is 11.7. The molecule has 0 saturated carbocycles. The van der Waals surface area contributed by atoms with Gasteiger partial charge in [-0.15, -0.1) is 4.47 Å². The highest BCUT2D eigenvalue weighted by Gasteiger charge is 2.34. The van der Waals surface area contributed by atoms with Crippen molar-refractivity contribution in [2.75, 3.05) is 11.3 Å². The highest BCUT2D eigenvalue weighted by atomic mass is 32.2. The minimum Gasteiger partial charge on any atom is -0.457 e. The molecule has 1 aliphatic heterocycles. The summed E-state index contributed by atoms with van der Waals surface area (Å²) in [5.74, 6) is 1.40. The normalized spacial score (nSPS) is 13.2. The quantitative estimate of drug-likeness (QED) is 0.406. The van der Waals surface area contributed by atoms with Crippen LogP contribution in [0.25, 0.3) is 0 Å². The van der Waals surface area contributed by atoms with Crippen LogP contribution in [0.1, 0.15) is 11.1 Å². The third-order valence-electron chi connectivity index (χ3n) is 5.06. The SMILES string of the molecule is O=S(=O)(c1ccc(Oc2ccccc2)cc1Cc1ccccc1)N1OCOc2ncccc21. The van der Waals surface area contributed by atoms with E-state index >= 15 is 0 Å². The van der Waals surface area contributed by atoms with Crippen LogP contribution in [0, 0.1) is 0 Å². The van der Waals surface area contributed by atoms with Crippen LogP contribution >= 0.6 is 0 Å². The molecule has 0 atom stereocenters. The monoisotopic (exact) mass is 460 g/mol. The molecule has 0 amide bonds. The van der Waals surface area contributed by atoms with Crippen LogP contribution in [0.5, 0.6) is 17.4 Å². The number of nitrogens with zero attached hydrogens (tertiary/aromatic N) is 2. The van der Waals surface area contributed by atoms with Crippen molar-refractivity contribution in [1.29, 1.82) is 0 Å². The molecule has 0 saturated heterocycles. The van der Waals surface area contributed by atoms with E-state index in [2.05, 4.69) is 4.98 Å². The summed E-state index contributed by atoms with van der Waals surface area (Å²) in [5.41, 5.74) is 1.77. The van der Waals surface area contributed by atoms with Gasteiger partial charge in [0.1, 0.15) is 17.2 Å². The maximum absolute atomic E-state index is 13.7. The third-order valence-corrected chi connectivity index (χ3v) is 6.75. The Morgan fingerprint density at radius 1 is 0.879 bits per heavy atom. The molecule has 7 nitrogen and oxygen atoms in total. The largest absolute Gasteiger partial charge is 0.457 e. The van der Waals surface area contributed by atoms with Crippen molar-refractivity contribution >= 4 is 15.7 Å². The van der Waals surface area contributed by atoms with Gasteiger partial charge >= 0.3 is 0 Å². The van der Waals surface area contributed by atoms with E-state index in [-0.39, 0.29) is 23.3 Å². The van der Waals surface area contributed by atoms with Crippen LogP contribution in [-0.2, 0) is 21.3 Å². The van der Waals surface area contributed by atoms with E-state index in [0.29, 0.717) is 23.5 Å². The Bertz CT molecular complexity index is 1360. The zero-order valence-corrected chi connectivity index (χ0v) is 18.3. The summed E-state index contributed by atoms with van der Waals surface area (Å²) in [7, 11) is -4.08. The lowest BCUT2D eigenvalue weighted by Gasteiger charge is -2.28. The Hall–Kier alpha value is -3.88. The zero-order chi connectivity index (χ0) is 22.7. The van der Waals surface area contributed by atoms with Crippen molar-refractivity contribution in [3.63, 3.8) is 0 Å². The second kappa shape index (κ2) is 8.93. The van der Waals surface area contributed by atoms with Crippen molar-refractivity contribution in [3.8, 4) is 17.4 Å². The predicted molar refractivity (Wildman–Crippen MR) is 123 cm³/mol. The van der Waals surface area contributed by atoms with E-state index in [1.165, 1.54) is 6.20 Å². The van der Waals surface area contributed by atoms with Crippen molar-refractivity contribution in [2.45, 2.75) is 11.3 Å². The molecule has 33 heavy (non-hydrogen) atoms.